The molecule has 0 aromatic heterocycles. The summed E-state index contributed by atoms with van der Waals surface area (Å²) >= 11 is 9.75. The van der Waals surface area contributed by atoms with Gasteiger partial charge in [0.2, 0.25) is 21.8 Å². The lowest BCUT2D eigenvalue weighted by Gasteiger charge is -2.32. The van der Waals surface area contributed by atoms with Crippen molar-refractivity contribution in [3.05, 3.63) is 93.4 Å². The maximum Gasteiger partial charge on any atom is 0.243 e. The van der Waals surface area contributed by atoms with E-state index in [1.165, 1.54) is 17.5 Å². The van der Waals surface area contributed by atoms with Crippen LogP contribution in [0.4, 0.5) is 5.69 Å². The van der Waals surface area contributed by atoms with Crippen molar-refractivity contribution in [2.75, 3.05) is 24.2 Å². The smallest absolute Gasteiger partial charge is 0.243 e. The highest BCUT2D eigenvalue weighted by atomic mass is 79.9. The van der Waals surface area contributed by atoms with Crippen LogP contribution in [0.1, 0.15) is 37.8 Å². The molecule has 0 saturated carbocycles. The zero-order valence-electron chi connectivity index (χ0n) is 24.2. The van der Waals surface area contributed by atoms with Gasteiger partial charge in [-0.3, -0.25) is 13.9 Å². The van der Waals surface area contributed by atoms with Gasteiger partial charge in [-0.1, -0.05) is 70.0 Å². The van der Waals surface area contributed by atoms with Gasteiger partial charge in [-0.15, -0.1) is 0 Å². The summed E-state index contributed by atoms with van der Waals surface area (Å²) in [5.41, 5.74) is 2.16. The predicted molar refractivity (Wildman–Crippen MR) is 171 cm³/mol. The molecule has 1 unspecified atom stereocenters. The molecule has 2 amide bonds. The van der Waals surface area contributed by atoms with Crippen LogP contribution in [-0.4, -0.2) is 57.1 Å². The maximum absolute atomic E-state index is 13.9. The lowest BCUT2D eigenvalue weighted by molar-refractivity contribution is -0.141. The fraction of sp³-hybridized carbons (Fsp3) is 0.355. The molecule has 0 aliphatic rings. The van der Waals surface area contributed by atoms with Gasteiger partial charge in [-0.05, 0) is 61.7 Å². The monoisotopic (exact) mass is 677 g/mol. The quantitative estimate of drug-likeness (QED) is 0.232. The molecule has 11 heteroatoms. The number of nitrogens with zero attached hydrogens (tertiary/aromatic N) is 2. The molecule has 0 aliphatic heterocycles. The summed E-state index contributed by atoms with van der Waals surface area (Å²) < 4.78 is 32.6. The van der Waals surface area contributed by atoms with E-state index in [2.05, 4.69) is 21.2 Å². The van der Waals surface area contributed by atoms with Crippen molar-refractivity contribution in [2.24, 2.45) is 0 Å². The van der Waals surface area contributed by atoms with Gasteiger partial charge in [0.15, 0.2) is 0 Å². The number of hydrogen-bond donors (Lipinski definition) is 1. The Kier molecular flexibility index (Phi) is 12.3. The Hall–Kier alpha value is -3.08. The Bertz CT molecular complexity index is 1470. The van der Waals surface area contributed by atoms with E-state index in [1.807, 2.05) is 68.4 Å². The van der Waals surface area contributed by atoms with Gasteiger partial charge in [0.1, 0.15) is 11.8 Å². The van der Waals surface area contributed by atoms with Gasteiger partial charge in [-0.25, -0.2) is 8.42 Å². The van der Waals surface area contributed by atoms with Crippen LogP contribution >= 0.6 is 27.5 Å². The number of sulfonamides is 1. The molecule has 42 heavy (non-hydrogen) atoms. The number of methoxy groups -OCH3 is 1. The maximum atomic E-state index is 13.9. The number of hydrogen-bond acceptors (Lipinski definition) is 5. The molecule has 0 saturated heterocycles. The van der Waals surface area contributed by atoms with E-state index in [0.29, 0.717) is 17.9 Å². The Labute approximate surface area is 262 Å². The van der Waals surface area contributed by atoms with Crippen LogP contribution in [0.25, 0.3) is 0 Å². The van der Waals surface area contributed by atoms with E-state index >= 15 is 0 Å². The van der Waals surface area contributed by atoms with Gasteiger partial charge >= 0.3 is 0 Å². The minimum absolute atomic E-state index is 0.0319. The predicted octanol–water partition coefficient (Wildman–Crippen LogP) is 5.82. The summed E-state index contributed by atoms with van der Waals surface area (Å²) in [5, 5.41) is 3.25. The van der Waals surface area contributed by atoms with Crippen molar-refractivity contribution < 1.29 is 22.7 Å². The zero-order chi connectivity index (χ0) is 30.9. The molecule has 0 radical (unpaired) electrons. The molecule has 226 valence electrons. The molecule has 0 bridgehead atoms. The number of ether oxygens (including phenoxy) is 1. The summed E-state index contributed by atoms with van der Waals surface area (Å²) in [6.07, 6.45) is 1.70. The van der Waals surface area contributed by atoms with Crippen molar-refractivity contribution in [3.8, 4) is 5.75 Å². The van der Waals surface area contributed by atoms with Crippen molar-refractivity contribution in [2.45, 2.75) is 51.7 Å². The van der Waals surface area contributed by atoms with E-state index in [-0.39, 0.29) is 48.8 Å². The molecule has 3 rings (SSSR count). The fourth-order valence-corrected chi connectivity index (χ4v) is 6.24. The number of halogens is 2. The third kappa shape index (κ3) is 9.74. The van der Waals surface area contributed by atoms with Crippen molar-refractivity contribution >= 4 is 55.1 Å². The summed E-state index contributed by atoms with van der Waals surface area (Å²) in [5.74, 6) is -0.0739. The van der Waals surface area contributed by atoms with Gasteiger partial charge in [-0.2, -0.15) is 0 Å². The summed E-state index contributed by atoms with van der Waals surface area (Å²) in [7, 11) is -2.19. The van der Waals surface area contributed by atoms with Crippen LogP contribution in [-0.2, 0) is 32.6 Å². The van der Waals surface area contributed by atoms with Crippen LogP contribution in [0.2, 0.25) is 5.02 Å². The van der Waals surface area contributed by atoms with E-state index in [9.17, 15) is 18.0 Å². The third-order valence-electron chi connectivity index (χ3n) is 6.52. The highest BCUT2D eigenvalue weighted by Crippen LogP contribution is 2.30. The number of anilines is 1. The second-order valence-corrected chi connectivity index (χ2v) is 13.5. The first-order valence-electron chi connectivity index (χ1n) is 13.6. The first kappa shape index (κ1) is 33.4. The lowest BCUT2D eigenvalue weighted by atomic mass is 10.0. The molecule has 3 aromatic carbocycles. The number of amides is 2. The van der Waals surface area contributed by atoms with Crippen LogP contribution in [0.5, 0.6) is 5.75 Å². The fourth-order valence-electron chi connectivity index (χ4n) is 4.58. The first-order chi connectivity index (χ1) is 19.9. The largest absolute Gasteiger partial charge is 0.495 e. The van der Waals surface area contributed by atoms with E-state index in [0.717, 1.165) is 21.9 Å². The second-order valence-electron chi connectivity index (χ2n) is 10.3. The standard InChI is InChI=1S/C31H37BrClN3O5S/c1-22(2)34-31(38)28(19-23-10-6-5-7-11-23)35(21-24-12-8-13-25(32)18-24)30(37)14-9-17-36(42(4,39)40)26-15-16-29(41-3)27(33)20-26/h5-8,10-13,15-16,18,20,22,28H,9,14,17,19,21H2,1-4H3,(H,34,38). The topological polar surface area (TPSA) is 96.0 Å². The molecule has 0 heterocycles. The summed E-state index contributed by atoms with van der Waals surface area (Å²) in [4.78, 5) is 29.0. The van der Waals surface area contributed by atoms with Crippen LogP contribution in [0.3, 0.4) is 0 Å². The van der Waals surface area contributed by atoms with Gasteiger partial charge in [0.25, 0.3) is 0 Å². The highest BCUT2D eigenvalue weighted by Gasteiger charge is 2.31. The van der Waals surface area contributed by atoms with Gasteiger partial charge in [0.05, 0.1) is 24.1 Å². The van der Waals surface area contributed by atoms with Gasteiger partial charge in [0, 0.05) is 36.4 Å². The third-order valence-corrected chi connectivity index (χ3v) is 8.50. The van der Waals surface area contributed by atoms with Crippen molar-refractivity contribution in [1.29, 1.82) is 0 Å². The van der Waals surface area contributed by atoms with Crippen LogP contribution in [0.15, 0.2) is 77.3 Å². The number of benzene rings is 3. The minimum Gasteiger partial charge on any atom is -0.495 e. The zero-order valence-corrected chi connectivity index (χ0v) is 27.4. The second kappa shape index (κ2) is 15.4. The molecule has 0 fully saturated rings. The Morgan fingerprint density at radius 3 is 2.29 bits per heavy atom. The molecule has 1 N–H and O–H groups in total. The van der Waals surface area contributed by atoms with E-state index < -0.39 is 16.1 Å². The molecular weight excluding hydrogens is 642 g/mol. The van der Waals surface area contributed by atoms with Crippen molar-refractivity contribution in [3.63, 3.8) is 0 Å². The number of rotatable bonds is 14. The molecular formula is C31H37BrClN3O5S. The number of carbonyl (C=O) groups excluding carboxylic acids is 2. The number of carbonyl (C=O) groups is 2. The summed E-state index contributed by atoms with van der Waals surface area (Å²) in [6, 6.07) is 21.0. The lowest BCUT2D eigenvalue weighted by Crippen LogP contribution is -2.51. The van der Waals surface area contributed by atoms with Crippen molar-refractivity contribution in [1.82, 2.24) is 10.2 Å². The Balaban J connectivity index is 1.89. The molecule has 0 spiro atoms. The Morgan fingerprint density at radius 1 is 1.00 bits per heavy atom. The first-order valence-corrected chi connectivity index (χ1v) is 16.6. The van der Waals surface area contributed by atoms with Crippen LogP contribution < -0.4 is 14.4 Å². The summed E-state index contributed by atoms with van der Waals surface area (Å²) in [6.45, 7) is 4.02. The highest BCUT2D eigenvalue weighted by molar-refractivity contribution is 9.10. The van der Waals surface area contributed by atoms with Crippen LogP contribution in [0, 0.1) is 0 Å². The van der Waals surface area contributed by atoms with E-state index in [4.69, 9.17) is 16.3 Å². The molecule has 3 aromatic rings. The van der Waals surface area contributed by atoms with E-state index in [1.54, 1.807) is 17.0 Å². The minimum atomic E-state index is -3.67. The molecule has 1 atom stereocenters. The normalized spacial score (nSPS) is 12.1. The van der Waals surface area contributed by atoms with Gasteiger partial charge < -0.3 is 15.0 Å². The average Bonchev–Trinajstić information content (AvgIpc) is 2.92. The Morgan fingerprint density at radius 2 is 1.69 bits per heavy atom. The molecule has 8 nitrogen and oxygen atoms in total. The molecule has 0 aliphatic carbocycles. The number of nitrogens with one attached hydrogen (secondary N) is 1. The average molecular weight is 679 g/mol. The SMILES string of the molecule is COc1ccc(N(CCCC(=O)N(Cc2cccc(Br)c2)C(Cc2ccccc2)C(=O)NC(C)C)S(C)(=O)=O)cc1Cl.